The largest absolute Gasteiger partial charge is 0.350 e. The molecule has 1 amide bonds. The Morgan fingerprint density at radius 1 is 1.32 bits per heavy atom. The average molecular weight is 399 g/mol. The number of thiophene rings is 1. The van der Waals surface area contributed by atoms with Crippen LogP contribution in [0.1, 0.15) is 71.4 Å². The van der Waals surface area contributed by atoms with Gasteiger partial charge in [-0.15, -0.1) is 11.3 Å². The van der Waals surface area contributed by atoms with Crippen molar-refractivity contribution in [3.63, 3.8) is 0 Å². The van der Waals surface area contributed by atoms with Gasteiger partial charge in [-0.1, -0.05) is 18.9 Å². The molecule has 1 N–H and O–H groups in total. The lowest BCUT2D eigenvalue weighted by Crippen LogP contribution is -2.56. The fourth-order valence-corrected chi connectivity index (χ4v) is 6.30. The molecule has 2 aromatic heterocycles. The van der Waals surface area contributed by atoms with Crippen molar-refractivity contribution < 1.29 is 4.79 Å². The fourth-order valence-electron chi connectivity index (χ4n) is 5.66. The molecule has 4 fully saturated rings. The highest BCUT2D eigenvalue weighted by Crippen LogP contribution is 2.43. The van der Waals surface area contributed by atoms with Crippen molar-refractivity contribution in [2.45, 2.75) is 56.4 Å². The summed E-state index contributed by atoms with van der Waals surface area (Å²) in [6, 6.07) is 6.72. The Morgan fingerprint density at radius 2 is 2.18 bits per heavy atom. The van der Waals surface area contributed by atoms with Crippen molar-refractivity contribution in [1.29, 1.82) is 0 Å². The summed E-state index contributed by atoms with van der Waals surface area (Å²) < 4.78 is 2.16. The zero-order valence-corrected chi connectivity index (χ0v) is 17.5. The molecule has 2 aromatic rings. The first-order valence-corrected chi connectivity index (χ1v) is 11.7. The van der Waals surface area contributed by atoms with Crippen LogP contribution in [0.15, 0.2) is 23.6 Å². The van der Waals surface area contributed by atoms with E-state index in [2.05, 4.69) is 28.0 Å². The van der Waals surface area contributed by atoms with Crippen molar-refractivity contribution in [2.24, 2.45) is 13.0 Å². The van der Waals surface area contributed by atoms with Gasteiger partial charge >= 0.3 is 0 Å². The van der Waals surface area contributed by atoms with Crippen LogP contribution in [0, 0.1) is 5.92 Å². The van der Waals surface area contributed by atoms with Crippen LogP contribution in [0.5, 0.6) is 0 Å². The van der Waals surface area contributed by atoms with E-state index in [9.17, 15) is 4.79 Å². The molecule has 6 rings (SSSR count). The number of aromatic nitrogens is 2. The minimum atomic E-state index is 0.0713. The molecule has 4 aliphatic rings. The second kappa shape index (κ2) is 7.64. The van der Waals surface area contributed by atoms with Gasteiger partial charge in [-0.25, -0.2) is 0 Å². The van der Waals surface area contributed by atoms with E-state index >= 15 is 0 Å². The number of rotatable bonds is 5. The van der Waals surface area contributed by atoms with Gasteiger partial charge in [0.15, 0.2) is 0 Å². The number of hydrogen-bond acceptors (Lipinski definition) is 4. The van der Waals surface area contributed by atoms with Crippen molar-refractivity contribution >= 4 is 17.2 Å². The number of amides is 1. The third-order valence-corrected chi connectivity index (χ3v) is 8.08. The highest BCUT2D eigenvalue weighted by atomic mass is 32.1. The van der Waals surface area contributed by atoms with Gasteiger partial charge in [-0.2, -0.15) is 5.10 Å². The Kier molecular flexibility index (Phi) is 5.01. The van der Waals surface area contributed by atoms with E-state index in [1.165, 1.54) is 61.2 Å². The molecule has 0 spiro atoms. The maximum atomic E-state index is 12.3. The van der Waals surface area contributed by atoms with Crippen molar-refractivity contribution in [1.82, 2.24) is 20.0 Å². The first-order valence-electron chi connectivity index (χ1n) is 10.8. The molecule has 4 unspecified atom stereocenters. The number of fused-ring (bicyclic) bond motifs is 3. The number of nitrogens with zero attached hydrogens (tertiary/aromatic N) is 3. The molecule has 1 aliphatic carbocycles. The van der Waals surface area contributed by atoms with Gasteiger partial charge in [-0.05, 0) is 55.7 Å². The standard InChI is InChI=1S/C22H30N4OS/c1-25-20(12-19(24-25)15-5-2-3-6-15)18-14-26-9-8-16(18)11-17(26)13-23-22(27)21-7-4-10-28-21/h4,7,10,12,15-18H,2-3,5-6,8-9,11,13-14H2,1H3,(H,23,27). The van der Waals surface area contributed by atoms with Crippen molar-refractivity contribution in [3.8, 4) is 0 Å². The summed E-state index contributed by atoms with van der Waals surface area (Å²) in [7, 11) is 2.13. The summed E-state index contributed by atoms with van der Waals surface area (Å²) in [5.41, 5.74) is 2.75. The predicted molar refractivity (Wildman–Crippen MR) is 112 cm³/mol. The van der Waals surface area contributed by atoms with E-state index in [4.69, 9.17) is 5.10 Å². The molecule has 0 radical (unpaired) electrons. The van der Waals surface area contributed by atoms with Crippen LogP contribution >= 0.6 is 11.3 Å². The summed E-state index contributed by atoms with van der Waals surface area (Å²) in [6.07, 6.45) is 7.78. The van der Waals surface area contributed by atoms with Gasteiger partial charge in [0.1, 0.15) is 0 Å². The molecule has 0 aromatic carbocycles. The molecule has 5 nitrogen and oxygen atoms in total. The summed E-state index contributed by atoms with van der Waals surface area (Å²) >= 11 is 1.51. The summed E-state index contributed by atoms with van der Waals surface area (Å²) in [5.74, 6) is 2.05. The Bertz CT molecular complexity index is 824. The quantitative estimate of drug-likeness (QED) is 0.835. The Labute approximate surface area is 171 Å². The third kappa shape index (κ3) is 3.41. The van der Waals surface area contributed by atoms with Crippen molar-refractivity contribution in [2.75, 3.05) is 19.6 Å². The highest BCUT2D eigenvalue weighted by Gasteiger charge is 2.42. The molecule has 150 valence electrons. The first-order chi connectivity index (χ1) is 13.7. The summed E-state index contributed by atoms with van der Waals surface area (Å²) in [4.78, 5) is 15.7. The zero-order valence-electron chi connectivity index (χ0n) is 16.6. The zero-order chi connectivity index (χ0) is 19.1. The monoisotopic (exact) mass is 398 g/mol. The van der Waals surface area contributed by atoms with Crippen molar-refractivity contribution in [3.05, 3.63) is 39.8 Å². The van der Waals surface area contributed by atoms with E-state index in [0.717, 1.165) is 24.5 Å². The van der Waals surface area contributed by atoms with Gasteiger partial charge in [0.25, 0.3) is 5.91 Å². The van der Waals surface area contributed by atoms with Crippen LogP contribution in [0.3, 0.4) is 0 Å². The second-order valence-corrected chi connectivity index (χ2v) is 9.77. The molecule has 28 heavy (non-hydrogen) atoms. The molecule has 1 saturated carbocycles. The van der Waals surface area contributed by atoms with Crippen LogP contribution < -0.4 is 5.32 Å². The molecule has 4 atom stereocenters. The Balaban J connectivity index is 1.24. The van der Waals surface area contributed by atoms with Crippen LogP contribution in [0.4, 0.5) is 0 Å². The molecular weight excluding hydrogens is 368 g/mol. The van der Waals surface area contributed by atoms with E-state index < -0.39 is 0 Å². The van der Waals surface area contributed by atoms with Gasteiger partial charge in [0.05, 0.1) is 10.6 Å². The lowest BCUT2D eigenvalue weighted by Gasteiger charge is -2.50. The first kappa shape index (κ1) is 18.4. The maximum Gasteiger partial charge on any atom is 0.261 e. The number of hydrogen-bond donors (Lipinski definition) is 1. The molecule has 3 aliphatic heterocycles. The Morgan fingerprint density at radius 3 is 2.89 bits per heavy atom. The van der Waals surface area contributed by atoms with Gasteiger partial charge in [0.2, 0.25) is 0 Å². The van der Waals surface area contributed by atoms with Gasteiger partial charge in [-0.3, -0.25) is 14.4 Å². The number of carbonyl (C=O) groups excluding carboxylic acids is 1. The number of nitrogens with one attached hydrogen (secondary N) is 1. The third-order valence-electron chi connectivity index (χ3n) is 7.21. The average Bonchev–Trinajstić information content (AvgIpc) is 3.47. The lowest BCUT2D eigenvalue weighted by molar-refractivity contribution is 0.0280. The van der Waals surface area contributed by atoms with Crippen LogP contribution in [-0.4, -0.2) is 46.3 Å². The van der Waals surface area contributed by atoms with Crippen LogP contribution in [0.25, 0.3) is 0 Å². The molecule has 6 heteroatoms. The molecule has 3 saturated heterocycles. The van der Waals surface area contributed by atoms with Crippen LogP contribution in [0.2, 0.25) is 0 Å². The van der Waals surface area contributed by atoms with Gasteiger partial charge in [0, 0.05) is 43.7 Å². The smallest absolute Gasteiger partial charge is 0.261 e. The SMILES string of the molecule is Cn1nc(C2CCCC2)cc1C1CN2CCC1CC2CNC(=O)c1cccs1. The molecule has 5 heterocycles. The normalized spacial score (nSPS) is 30.0. The topological polar surface area (TPSA) is 50.2 Å². The van der Waals surface area contributed by atoms with E-state index in [1.807, 2.05) is 17.5 Å². The van der Waals surface area contributed by atoms with E-state index in [0.29, 0.717) is 23.8 Å². The number of piperidine rings is 3. The fraction of sp³-hybridized carbons (Fsp3) is 0.636. The number of carbonyl (C=O) groups is 1. The van der Waals surface area contributed by atoms with E-state index in [-0.39, 0.29) is 5.91 Å². The maximum absolute atomic E-state index is 12.3. The highest BCUT2D eigenvalue weighted by molar-refractivity contribution is 7.12. The minimum Gasteiger partial charge on any atom is -0.350 e. The Hall–Kier alpha value is -1.66. The van der Waals surface area contributed by atoms with Gasteiger partial charge < -0.3 is 5.32 Å². The second-order valence-electron chi connectivity index (χ2n) is 8.83. The lowest BCUT2D eigenvalue weighted by atomic mass is 9.74. The predicted octanol–water partition coefficient (Wildman–Crippen LogP) is 3.75. The summed E-state index contributed by atoms with van der Waals surface area (Å²) in [5, 5.41) is 10.0. The molecular formula is C22H30N4OS. The summed E-state index contributed by atoms with van der Waals surface area (Å²) in [6.45, 7) is 3.03. The molecule has 2 bridgehead atoms. The van der Waals surface area contributed by atoms with E-state index in [1.54, 1.807) is 0 Å². The van der Waals surface area contributed by atoms with Crippen LogP contribution in [-0.2, 0) is 7.05 Å². The minimum absolute atomic E-state index is 0.0713. The number of aryl methyl sites for hydroxylation is 1.